The van der Waals surface area contributed by atoms with E-state index in [0.29, 0.717) is 34.5 Å². The van der Waals surface area contributed by atoms with Crippen LogP contribution in [0.2, 0.25) is 39.3 Å². The molecule has 8 nitrogen and oxygen atoms in total. The van der Waals surface area contributed by atoms with Gasteiger partial charge >= 0.3 is 14.2 Å². The molecule has 59 heavy (non-hydrogen) atoms. The lowest BCUT2D eigenvalue weighted by atomic mass is 9.43. The maximum absolute atomic E-state index is 7.11. The van der Waals surface area contributed by atoms with Gasteiger partial charge in [0.25, 0.3) is 0 Å². The molecule has 0 spiro atoms. The van der Waals surface area contributed by atoms with Crippen molar-refractivity contribution in [3.8, 4) is 11.5 Å². The van der Waals surface area contributed by atoms with E-state index in [4.69, 9.17) is 28.1 Å². The highest BCUT2D eigenvalue weighted by atomic mass is 35.5. The van der Waals surface area contributed by atoms with Gasteiger partial charge < -0.3 is 50.5 Å². The molecule has 2 saturated heterocycles. The van der Waals surface area contributed by atoms with Gasteiger partial charge in [0, 0.05) is 35.3 Å². The standard InChI is InChI=1S/C26H44BNO3Si2.C20H28BNO3.ClH/c1-25(2)19-15-22(25)26(3)23(16-19)30-27(31-26)24(28(32(4,5)6)33(7,8)9)14-18-17-29-21-13-11-10-12-20(18)21;1-19(2)13-9-16(19)20(3)17(10-13)24-21(25-20)18(22)8-12-11-23-15-7-5-4-6-14(12)15;/h10-13,18-19,22-24H,14-17H2,1-9H3;4-7,12-13,16-18H,8-11,22H2,1-3H3;1H/t18?,19-,22-,23+,24-,26-;12?,13-,16-,17+,18-,20-;/m00./s1. The Hall–Kier alpha value is -1.35. The number of benzene rings is 2. The first-order chi connectivity index (χ1) is 27.1. The van der Waals surface area contributed by atoms with Crippen molar-refractivity contribution >= 4 is 30.7 Å². The lowest BCUT2D eigenvalue weighted by Gasteiger charge is -2.64. The summed E-state index contributed by atoms with van der Waals surface area (Å²) in [7, 11) is -3.59. The van der Waals surface area contributed by atoms with E-state index in [1.165, 1.54) is 24.0 Å². The van der Waals surface area contributed by atoms with E-state index in [1.54, 1.807) is 0 Å². The van der Waals surface area contributed by atoms with Gasteiger partial charge in [0.2, 0.25) is 0 Å². The fourth-order valence-electron chi connectivity index (χ4n) is 14.1. The Morgan fingerprint density at radius 3 is 1.53 bits per heavy atom. The molecule has 6 saturated carbocycles. The number of rotatable bonds is 9. The van der Waals surface area contributed by atoms with Crippen molar-refractivity contribution < 1.29 is 46.2 Å². The Labute approximate surface area is 364 Å². The quantitative estimate of drug-likeness (QED) is 0.329. The van der Waals surface area contributed by atoms with Gasteiger partial charge in [-0.25, -0.2) is 0 Å². The molecule has 3 N–H and O–H groups in total. The van der Waals surface area contributed by atoms with Gasteiger partial charge in [-0.3, -0.25) is 0 Å². The van der Waals surface area contributed by atoms with E-state index < -0.39 is 16.5 Å². The molecule has 4 aliphatic heterocycles. The largest absolute Gasteiger partial charge is 1.00 e. The Bertz CT molecular complexity index is 1870. The lowest BCUT2D eigenvalue weighted by Crippen LogP contribution is -3.00. The molecule has 2 unspecified atom stereocenters. The van der Waals surface area contributed by atoms with E-state index in [1.807, 2.05) is 6.07 Å². The van der Waals surface area contributed by atoms with Crippen LogP contribution in [0.5, 0.6) is 11.5 Å². The van der Waals surface area contributed by atoms with Crippen molar-refractivity contribution in [2.24, 2.45) is 34.5 Å². The van der Waals surface area contributed by atoms with Gasteiger partial charge in [0.15, 0.2) is 0 Å². The highest BCUT2D eigenvalue weighted by Crippen LogP contribution is 2.67. The third-order valence-corrected chi connectivity index (χ3v) is 24.7. The SMILES string of the molecule is CC1(C)[C@@H]2C[C@H]3OB([C@@H]([NH3+])CC4COc5ccccc54)O[C@@]3(C)[C@H]1C2.CC1(C)[C@@H]2C[C@H]3OB([C@H](CC4COc5ccccc54)N([Si](C)(C)C)[Si](C)(C)C)O[C@@]3(C)[C@H]1C2.[Cl-]. The Morgan fingerprint density at radius 1 is 0.644 bits per heavy atom. The summed E-state index contributed by atoms with van der Waals surface area (Å²) < 4.78 is 41.9. The normalized spacial score (nSPS) is 37.5. The molecule has 4 heterocycles. The van der Waals surface area contributed by atoms with Crippen LogP contribution in [-0.2, 0) is 18.6 Å². The van der Waals surface area contributed by atoms with E-state index in [9.17, 15) is 0 Å². The van der Waals surface area contributed by atoms with Gasteiger partial charge in [-0.1, -0.05) is 103 Å². The smallest absolute Gasteiger partial charge is 0.521 e. The van der Waals surface area contributed by atoms with Crippen LogP contribution in [0.15, 0.2) is 48.5 Å². The highest BCUT2D eigenvalue weighted by Gasteiger charge is 2.70. The maximum atomic E-state index is 7.11. The molecule has 2 aromatic rings. The Kier molecular flexibility index (Phi) is 11.4. The summed E-state index contributed by atoms with van der Waals surface area (Å²) in [6.07, 6.45) is 7.35. The molecular formula is C46H73B2ClN2O6Si2. The fraction of sp³-hybridized carbons (Fsp3) is 0.739. The van der Waals surface area contributed by atoms with Gasteiger partial charge in [-0.15, -0.1) is 0 Å². The number of hydrogen-bond acceptors (Lipinski definition) is 7. The molecule has 8 fully saturated rings. The van der Waals surface area contributed by atoms with Crippen LogP contribution in [0.1, 0.15) is 103 Å². The summed E-state index contributed by atoms with van der Waals surface area (Å²) in [5.74, 6) is 6.05. The molecule has 4 bridgehead atoms. The molecule has 6 aliphatic carbocycles. The molecule has 12 rings (SSSR count). The van der Waals surface area contributed by atoms with Gasteiger partial charge in [-0.05, 0) is 92.6 Å². The van der Waals surface area contributed by atoms with Crippen LogP contribution >= 0.6 is 0 Å². The van der Waals surface area contributed by atoms with Crippen molar-refractivity contribution in [1.82, 2.24) is 4.23 Å². The number of para-hydroxylation sites is 2. The second-order valence-corrected chi connectivity index (χ2v) is 33.4. The zero-order chi connectivity index (χ0) is 41.4. The third-order valence-electron chi connectivity index (χ3n) is 17.1. The topological polar surface area (TPSA) is 86.3 Å². The van der Waals surface area contributed by atoms with Crippen LogP contribution < -0.4 is 27.6 Å². The number of halogens is 1. The molecule has 0 aromatic heterocycles. The molecule has 13 heteroatoms. The van der Waals surface area contributed by atoms with Crippen LogP contribution in [0.25, 0.3) is 0 Å². The van der Waals surface area contributed by atoms with Gasteiger partial charge in [-0.2, -0.15) is 0 Å². The van der Waals surface area contributed by atoms with Crippen LogP contribution in [0.4, 0.5) is 0 Å². The minimum atomic E-state index is -1.63. The minimum absolute atomic E-state index is 0. The highest BCUT2D eigenvalue weighted by molar-refractivity contribution is 6.90. The van der Waals surface area contributed by atoms with E-state index in [-0.39, 0.29) is 61.9 Å². The van der Waals surface area contributed by atoms with Gasteiger partial charge in [0.1, 0.15) is 33.9 Å². The predicted molar refractivity (Wildman–Crippen MR) is 238 cm³/mol. The first-order valence-electron chi connectivity index (χ1n) is 22.8. The van der Waals surface area contributed by atoms with Crippen molar-refractivity contribution in [3.05, 3.63) is 59.7 Å². The van der Waals surface area contributed by atoms with Crippen LogP contribution in [0.3, 0.4) is 0 Å². The van der Waals surface area contributed by atoms with Crippen molar-refractivity contribution in [2.75, 3.05) is 13.2 Å². The molecule has 324 valence electrons. The zero-order valence-corrected chi connectivity index (χ0v) is 40.9. The second kappa shape index (κ2) is 15.1. The van der Waals surface area contributed by atoms with E-state index >= 15 is 0 Å². The van der Waals surface area contributed by atoms with Crippen molar-refractivity contribution in [2.45, 2.75) is 166 Å². The van der Waals surface area contributed by atoms with Crippen molar-refractivity contribution in [3.63, 3.8) is 0 Å². The molecule has 0 radical (unpaired) electrons. The molecule has 2 aromatic carbocycles. The number of ether oxygens (including phenoxy) is 2. The van der Waals surface area contributed by atoms with E-state index in [0.717, 1.165) is 62.2 Å². The molecule has 12 atom stereocenters. The second-order valence-electron chi connectivity index (χ2n) is 23.3. The molecule has 10 aliphatic rings. The predicted octanol–water partition coefficient (Wildman–Crippen LogP) is 5.60. The summed E-state index contributed by atoms with van der Waals surface area (Å²) in [5, 5.41) is 0. The number of quaternary nitrogens is 1. The first-order valence-corrected chi connectivity index (χ1v) is 29.7. The van der Waals surface area contributed by atoms with Gasteiger partial charge in [0.05, 0.1) is 36.6 Å². The number of fused-ring (bicyclic) bond motifs is 2. The summed E-state index contributed by atoms with van der Waals surface area (Å²) in [4.78, 5) is 0. The third kappa shape index (κ3) is 7.26. The molecular weight excluding hydrogens is 790 g/mol. The number of hydrogen-bond donors (Lipinski definition) is 1. The average Bonchev–Trinajstić information content (AvgIpc) is 3.92. The Balaban J connectivity index is 0.000000167. The van der Waals surface area contributed by atoms with Crippen LogP contribution in [0, 0.1) is 34.5 Å². The summed E-state index contributed by atoms with van der Waals surface area (Å²) in [5.41, 5.74) is 7.55. The fourth-order valence-corrected chi connectivity index (χ4v) is 24.6. The monoisotopic (exact) mass is 862 g/mol. The Morgan fingerprint density at radius 2 is 1.07 bits per heavy atom. The summed E-state index contributed by atoms with van der Waals surface area (Å²) >= 11 is 0. The lowest BCUT2D eigenvalue weighted by molar-refractivity contribution is -0.399. The minimum Gasteiger partial charge on any atom is -1.00 e. The zero-order valence-electron chi connectivity index (χ0n) is 38.2. The first kappa shape index (κ1) is 44.3. The van der Waals surface area contributed by atoms with Crippen LogP contribution in [-0.4, -0.2) is 83.4 Å². The number of nitrogens with zero attached hydrogens (tertiary/aromatic N) is 1. The maximum Gasteiger partial charge on any atom is 0.521 e. The molecule has 0 amide bonds. The van der Waals surface area contributed by atoms with Crippen molar-refractivity contribution in [1.29, 1.82) is 0 Å². The summed E-state index contributed by atoms with van der Waals surface area (Å²) in [6.45, 7) is 30.9. The summed E-state index contributed by atoms with van der Waals surface area (Å²) in [6, 6.07) is 17.0. The average molecular weight is 863 g/mol. The van der Waals surface area contributed by atoms with E-state index in [2.05, 4.69) is 133 Å².